The third-order valence-electron chi connectivity index (χ3n) is 3.94. The Bertz CT molecular complexity index is 912. The molecule has 3 aromatic heterocycles. The number of halogens is 2. The van der Waals surface area contributed by atoms with Crippen LogP contribution in [0.5, 0.6) is 0 Å². The summed E-state index contributed by atoms with van der Waals surface area (Å²) < 4.78 is 14.8. The number of aromatic nitrogens is 4. The summed E-state index contributed by atoms with van der Waals surface area (Å²) >= 11 is 5.98. The molecular weight excluding hydrogens is 305 g/mol. The lowest BCUT2D eigenvalue weighted by Gasteiger charge is -2.04. The van der Waals surface area contributed by atoms with E-state index in [0.717, 1.165) is 28.3 Å². The van der Waals surface area contributed by atoms with Gasteiger partial charge in [0.1, 0.15) is 11.8 Å². The second kappa shape index (κ2) is 4.75. The van der Waals surface area contributed by atoms with Crippen LogP contribution in [0.4, 0.5) is 4.39 Å². The van der Waals surface area contributed by atoms with Crippen LogP contribution in [0.2, 0.25) is 5.15 Å². The normalized spacial score (nSPS) is 20.0. The molecule has 4 rings (SSSR count). The molecule has 2 atom stereocenters. The van der Waals surface area contributed by atoms with Gasteiger partial charge in [-0.3, -0.25) is 0 Å². The second-order valence-electron chi connectivity index (χ2n) is 5.28. The van der Waals surface area contributed by atoms with E-state index in [4.69, 9.17) is 16.9 Å². The topological polar surface area (TPSA) is 66.9 Å². The fourth-order valence-corrected chi connectivity index (χ4v) is 3.00. The Labute approximate surface area is 130 Å². The Morgan fingerprint density at radius 2 is 2.14 bits per heavy atom. The number of hydrogen-bond donors (Lipinski definition) is 0. The minimum absolute atomic E-state index is 0.208. The highest BCUT2D eigenvalue weighted by atomic mass is 35.5. The van der Waals surface area contributed by atoms with Crippen molar-refractivity contribution in [3.8, 4) is 6.07 Å². The summed E-state index contributed by atoms with van der Waals surface area (Å²) in [6.07, 6.45) is 3.77. The van der Waals surface area contributed by atoms with Crippen molar-refractivity contribution in [2.75, 3.05) is 0 Å². The van der Waals surface area contributed by atoms with Gasteiger partial charge in [0.25, 0.3) is 0 Å². The molecule has 5 nitrogen and oxygen atoms in total. The van der Waals surface area contributed by atoms with Gasteiger partial charge in [0, 0.05) is 11.8 Å². The largest absolute Gasteiger partial charge is 0.245 e. The van der Waals surface area contributed by atoms with Gasteiger partial charge >= 0.3 is 0 Å². The summed E-state index contributed by atoms with van der Waals surface area (Å²) in [6, 6.07) is 7.35. The van der Waals surface area contributed by atoms with Crippen LogP contribution in [-0.2, 0) is 0 Å². The van der Waals surface area contributed by atoms with Crippen molar-refractivity contribution in [1.82, 2.24) is 19.6 Å². The second-order valence-corrected chi connectivity index (χ2v) is 5.66. The average molecular weight is 314 g/mol. The van der Waals surface area contributed by atoms with Crippen molar-refractivity contribution >= 4 is 17.2 Å². The highest BCUT2D eigenvalue weighted by molar-refractivity contribution is 6.29. The zero-order chi connectivity index (χ0) is 15.3. The van der Waals surface area contributed by atoms with Crippen LogP contribution in [0.25, 0.3) is 5.65 Å². The molecule has 3 heterocycles. The monoisotopic (exact) mass is 313 g/mol. The molecular formula is C15H9ClFN5. The lowest BCUT2D eigenvalue weighted by Crippen LogP contribution is -1.99. The van der Waals surface area contributed by atoms with E-state index in [1.807, 2.05) is 12.1 Å². The first kappa shape index (κ1) is 13.2. The fourth-order valence-electron chi connectivity index (χ4n) is 2.80. The Morgan fingerprint density at radius 1 is 1.27 bits per heavy atom. The number of pyridine rings is 1. The maximum atomic E-state index is 13.6. The maximum Gasteiger partial charge on any atom is 0.234 e. The van der Waals surface area contributed by atoms with Crippen molar-refractivity contribution in [2.45, 2.75) is 18.3 Å². The third-order valence-corrected chi connectivity index (χ3v) is 4.13. The zero-order valence-corrected chi connectivity index (χ0v) is 12.0. The Hall–Kier alpha value is -2.52. The smallest absolute Gasteiger partial charge is 0.234 e. The molecule has 0 radical (unpaired) electrons. The molecule has 1 aliphatic rings. The first-order valence-electron chi connectivity index (χ1n) is 6.73. The summed E-state index contributed by atoms with van der Waals surface area (Å²) in [4.78, 5) is 8.17. The van der Waals surface area contributed by atoms with Crippen LogP contribution in [0, 0.1) is 17.3 Å². The molecule has 1 saturated carbocycles. The SMILES string of the molecule is N#Cc1ccc([C@H]2C[C@@H]2c2cc(Cl)nn3c(F)cnc23)cn1. The standard InChI is InChI=1S/C15H9ClFN5/c16-13-4-12(15-20-7-14(17)22(15)21-13)11-3-10(11)8-1-2-9(5-18)19-6-8/h1-2,4,6-7,10-11H,3H2/t10-,11+/m1/s1. The van der Waals surface area contributed by atoms with Crippen LogP contribution < -0.4 is 0 Å². The predicted octanol–water partition coefficient (Wildman–Crippen LogP) is 3.06. The molecule has 108 valence electrons. The van der Waals surface area contributed by atoms with Crippen LogP contribution in [-0.4, -0.2) is 19.6 Å². The summed E-state index contributed by atoms with van der Waals surface area (Å²) in [6.45, 7) is 0. The van der Waals surface area contributed by atoms with Crippen LogP contribution in [0.15, 0.2) is 30.6 Å². The molecule has 0 amide bonds. The maximum absolute atomic E-state index is 13.6. The first-order valence-corrected chi connectivity index (χ1v) is 7.11. The van der Waals surface area contributed by atoms with Crippen LogP contribution in [0.3, 0.4) is 0 Å². The lowest BCUT2D eigenvalue weighted by molar-refractivity contribution is 0.548. The minimum atomic E-state index is -0.531. The minimum Gasteiger partial charge on any atom is -0.245 e. The van der Waals surface area contributed by atoms with Crippen molar-refractivity contribution in [2.24, 2.45) is 0 Å². The molecule has 0 spiro atoms. The molecule has 0 saturated heterocycles. The molecule has 0 aromatic carbocycles. The van der Waals surface area contributed by atoms with E-state index in [0.29, 0.717) is 11.3 Å². The van der Waals surface area contributed by atoms with E-state index in [2.05, 4.69) is 15.1 Å². The van der Waals surface area contributed by atoms with E-state index in [9.17, 15) is 4.39 Å². The van der Waals surface area contributed by atoms with Crippen molar-refractivity contribution in [3.63, 3.8) is 0 Å². The fraction of sp³-hybridized carbons (Fsp3) is 0.200. The van der Waals surface area contributed by atoms with E-state index < -0.39 is 5.95 Å². The third kappa shape index (κ3) is 2.02. The number of nitrogens with zero attached hydrogens (tertiary/aromatic N) is 5. The summed E-state index contributed by atoms with van der Waals surface area (Å²) in [5, 5.41) is 12.9. The summed E-state index contributed by atoms with van der Waals surface area (Å²) in [7, 11) is 0. The number of imidazole rings is 1. The molecule has 0 N–H and O–H groups in total. The van der Waals surface area contributed by atoms with Gasteiger partial charge in [-0.05, 0) is 36.0 Å². The highest BCUT2D eigenvalue weighted by Gasteiger charge is 2.41. The predicted molar refractivity (Wildman–Crippen MR) is 77.0 cm³/mol. The number of rotatable bonds is 2. The van der Waals surface area contributed by atoms with Gasteiger partial charge in [-0.1, -0.05) is 17.7 Å². The van der Waals surface area contributed by atoms with Gasteiger partial charge in [-0.15, -0.1) is 0 Å². The average Bonchev–Trinajstić information content (AvgIpc) is 3.25. The molecule has 0 bridgehead atoms. The quantitative estimate of drug-likeness (QED) is 0.729. The Morgan fingerprint density at radius 3 is 2.86 bits per heavy atom. The van der Waals surface area contributed by atoms with Gasteiger partial charge in [0.15, 0.2) is 10.8 Å². The summed E-state index contributed by atoms with van der Waals surface area (Å²) in [5.41, 5.74) is 2.84. The molecule has 3 aromatic rings. The zero-order valence-electron chi connectivity index (χ0n) is 11.2. The van der Waals surface area contributed by atoms with Crippen molar-refractivity contribution in [1.29, 1.82) is 5.26 Å². The van der Waals surface area contributed by atoms with Gasteiger partial charge in [0.05, 0.1) is 6.20 Å². The van der Waals surface area contributed by atoms with Crippen molar-refractivity contribution in [3.05, 3.63) is 58.5 Å². The van der Waals surface area contributed by atoms with Crippen LogP contribution in [0.1, 0.15) is 35.1 Å². The molecule has 0 aliphatic heterocycles. The molecule has 7 heteroatoms. The Kier molecular flexibility index (Phi) is 2.84. The number of hydrogen-bond acceptors (Lipinski definition) is 4. The first-order chi connectivity index (χ1) is 10.7. The number of fused-ring (bicyclic) bond motifs is 1. The van der Waals surface area contributed by atoms with Gasteiger partial charge in [-0.25, -0.2) is 9.97 Å². The van der Waals surface area contributed by atoms with Gasteiger partial charge < -0.3 is 0 Å². The summed E-state index contributed by atoms with van der Waals surface area (Å²) in [5.74, 6) is -0.0437. The van der Waals surface area contributed by atoms with E-state index >= 15 is 0 Å². The highest BCUT2D eigenvalue weighted by Crippen LogP contribution is 2.55. The Balaban J connectivity index is 1.71. The lowest BCUT2D eigenvalue weighted by atomic mass is 10.1. The van der Waals surface area contributed by atoms with E-state index in [1.54, 1.807) is 18.3 Å². The van der Waals surface area contributed by atoms with Crippen LogP contribution >= 0.6 is 11.6 Å². The molecule has 1 aliphatic carbocycles. The molecule has 1 fully saturated rings. The van der Waals surface area contributed by atoms with Gasteiger partial charge in [-0.2, -0.15) is 19.3 Å². The van der Waals surface area contributed by atoms with Crippen molar-refractivity contribution < 1.29 is 4.39 Å². The van der Waals surface area contributed by atoms with E-state index in [1.165, 1.54) is 0 Å². The molecule has 22 heavy (non-hydrogen) atoms. The van der Waals surface area contributed by atoms with E-state index in [-0.39, 0.29) is 17.0 Å². The number of nitriles is 1. The van der Waals surface area contributed by atoms with Gasteiger partial charge in [0.2, 0.25) is 5.95 Å². The molecule has 0 unspecified atom stereocenters.